The van der Waals surface area contributed by atoms with Crippen molar-refractivity contribution in [1.29, 1.82) is 0 Å². The standard InChI is InChI=1S/C16H20N4/c1-2-13-6-7-16(8-14(13)3-1)20-11-15(18-19-20)10-17-9-12-4-5-12/h6-8,11-12,17H,1-5,9-10H2. The molecular formula is C16H20N4. The molecule has 4 rings (SSSR count). The highest BCUT2D eigenvalue weighted by atomic mass is 15.4. The molecule has 104 valence electrons. The summed E-state index contributed by atoms with van der Waals surface area (Å²) in [5.74, 6) is 0.904. The van der Waals surface area contributed by atoms with Crippen LogP contribution in [0, 0.1) is 5.92 Å². The van der Waals surface area contributed by atoms with Crippen molar-refractivity contribution in [2.75, 3.05) is 6.54 Å². The molecule has 0 amide bonds. The Bertz CT molecular complexity index is 613. The van der Waals surface area contributed by atoms with Crippen LogP contribution in [0.15, 0.2) is 24.4 Å². The molecule has 1 aromatic carbocycles. The number of fused-ring (bicyclic) bond motifs is 1. The summed E-state index contributed by atoms with van der Waals surface area (Å²) in [4.78, 5) is 0. The van der Waals surface area contributed by atoms with Crippen molar-refractivity contribution in [3.05, 3.63) is 41.2 Å². The fourth-order valence-corrected chi connectivity index (χ4v) is 2.93. The van der Waals surface area contributed by atoms with Crippen molar-refractivity contribution in [3.8, 4) is 5.69 Å². The first-order chi connectivity index (χ1) is 9.88. The lowest BCUT2D eigenvalue weighted by molar-refractivity contribution is 0.628. The largest absolute Gasteiger partial charge is 0.311 e. The van der Waals surface area contributed by atoms with E-state index in [1.807, 2.05) is 10.9 Å². The van der Waals surface area contributed by atoms with Gasteiger partial charge < -0.3 is 5.32 Å². The van der Waals surface area contributed by atoms with Gasteiger partial charge in [0, 0.05) is 6.54 Å². The zero-order valence-electron chi connectivity index (χ0n) is 11.7. The molecule has 1 heterocycles. The van der Waals surface area contributed by atoms with Crippen LogP contribution >= 0.6 is 0 Å². The van der Waals surface area contributed by atoms with E-state index in [2.05, 4.69) is 33.8 Å². The quantitative estimate of drug-likeness (QED) is 0.904. The normalized spacial score (nSPS) is 17.4. The van der Waals surface area contributed by atoms with Crippen LogP contribution in [0.25, 0.3) is 5.69 Å². The molecule has 2 aromatic rings. The molecule has 0 spiro atoms. The van der Waals surface area contributed by atoms with Gasteiger partial charge in [0.25, 0.3) is 0 Å². The first kappa shape index (κ1) is 12.1. The minimum atomic E-state index is 0.821. The second-order valence-corrected chi connectivity index (χ2v) is 6.04. The molecule has 1 saturated carbocycles. The number of nitrogens with one attached hydrogen (secondary N) is 1. The molecule has 1 aromatic heterocycles. The van der Waals surface area contributed by atoms with Gasteiger partial charge in [0.2, 0.25) is 0 Å². The number of aryl methyl sites for hydroxylation is 2. The van der Waals surface area contributed by atoms with Gasteiger partial charge in [0.05, 0.1) is 17.6 Å². The van der Waals surface area contributed by atoms with E-state index in [0.29, 0.717) is 0 Å². The number of nitrogens with zero attached hydrogens (tertiary/aromatic N) is 3. The molecule has 1 N–H and O–H groups in total. The SMILES string of the molecule is c1cc2c(cc1-n1cc(CNCC3CC3)nn1)CCC2. The smallest absolute Gasteiger partial charge is 0.0969 e. The summed E-state index contributed by atoms with van der Waals surface area (Å²) in [7, 11) is 0. The Hall–Kier alpha value is -1.68. The molecule has 0 aliphatic heterocycles. The van der Waals surface area contributed by atoms with E-state index in [-0.39, 0.29) is 0 Å². The third kappa shape index (κ3) is 2.48. The summed E-state index contributed by atoms with van der Waals surface area (Å²) >= 11 is 0. The van der Waals surface area contributed by atoms with E-state index in [4.69, 9.17) is 0 Å². The fraction of sp³-hybridized carbons (Fsp3) is 0.500. The average molecular weight is 268 g/mol. The van der Waals surface area contributed by atoms with Crippen molar-refractivity contribution >= 4 is 0 Å². The molecule has 4 nitrogen and oxygen atoms in total. The Balaban J connectivity index is 1.46. The van der Waals surface area contributed by atoms with E-state index in [0.717, 1.165) is 30.4 Å². The van der Waals surface area contributed by atoms with Gasteiger partial charge >= 0.3 is 0 Å². The van der Waals surface area contributed by atoms with E-state index in [9.17, 15) is 0 Å². The maximum atomic E-state index is 4.25. The molecule has 2 aliphatic rings. The summed E-state index contributed by atoms with van der Waals surface area (Å²) in [6.07, 6.45) is 8.52. The maximum absolute atomic E-state index is 4.25. The molecule has 0 atom stereocenters. The fourth-order valence-electron chi connectivity index (χ4n) is 2.93. The first-order valence-electron chi connectivity index (χ1n) is 7.62. The molecule has 1 fully saturated rings. The third-order valence-corrected chi connectivity index (χ3v) is 4.32. The van der Waals surface area contributed by atoms with Gasteiger partial charge in [-0.25, -0.2) is 4.68 Å². The van der Waals surface area contributed by atoms with Gasteiger partial charge in [0.15, 0.2) is 0 Å². The van der Waals surface area contributed by atoms with Gasteiger partial charge in [-0.2, -0.15) is 0 Å². The number of aromatic nitrogens is 3. The monoisotopic (exact) mass is 268 g/mol. The van der Waals surface area contributed by atoms with Gasteiger partial charge in [-0.1, -0.05) is 11.3 Å². The summed E-state index contributed by atoms with van der Waals surface area (Å²) in [6, 6.07) is 6.66. The summed E-state index contributed by atoms with van der Waals surface area (Å²) in [5.41, 5.74) is 5.13. The van der Waals surface area contributed by atoms with Gasteiger partial charge in [0.1, 0.15) is 0 Å². The van der Waals surface area contributed by atoms with Crippen LogP contribution < -0.4 is 5.32 Å². The molecule has 20 heavy (non-hydrogen) atoms. The predicted molar refractivity (Wildman–Crippen MR) is 77.8 cm³/mol. The lowest BCUT2D eigenvalue weighted by atomic mass is 10.1. The molecule has 2 aliphatic carbocycles. The van der Waals surface area contributed by atoms with E-state index in [1.165, 1.54) is 43.2 Å². The van der Waals surface area contributed by atoms with Crippen molar-refractivity contribution in [3.63, 3.8) is 0 Å². The summed E-state index contributed by atoms with van der Waals surface area (Å²) in [5, 5.41) is 12.0. The Kier molecular flexibility index (Phi) is 3.03. The van der Waals surface area contributed by atoms with E-state index < -0.39 is 0 Å². The molecule has 0 bridgehead atoms. The van der Waals surface area contributed by atoms with Crippen molar-refractivity contribution in [1.82, 2.24) is 20.3 Å². The Morgan fingerprint density at radius 1 is 1.20 bits per heavy atom. The van der Waals surface area contributed by atoms with Crippen LogP contribution in [-0.4, -0.2) is 21.5 Å². The zero-order valence-corrected chi connectivity index (χ0v) is 11.7. The van der Waals surface area contributed by atoms with E-state index >= 15 is 0 Å². The van der Waals surface area contributed by atoms with Gasteiger partial charge in [-0.15, -0.1) is 5.10 Å². The molecule has 4 heteroatoms. The Morgan fingerprint density at radius 2 is 2.10 bits per heavy atom. The third-order valence-electron chi connectivity index (χ3n) is 4.32. The summed E-state index contributed by atoms with van der Waals surface area (Å²) < 4.78 is 1.90. The highest BCUT2D eigenvalue weighted by Gasteiger charge is 2.20. The van der Waals surface area contributed by atoms with Crippen LogP contribution in [-0.2, 0) is 19.4 Å². The Morgan fingerprint density at radius 3 is 3.00 bits per heavy atom. The number of benzene rings is 1. The average Bonchev–Trinajstić information content (AvgIpc) is 2.99. The molecule has 0 unspecified atom stereocenters. The van der Waals surface area contributed by atoms with Crippen molar-refractivity contribution < 1.29 is 0 Å². The van der Waals surface area contributed by atoms with Crippen LogP contribution in [0.3, 0.4) is 0 Å². The number of hydrogen-bond donors (Lipinski definition) is 1. The molecule has 0 radical (unpaired) electrons. The minimum absolute atomic E-state index is 0.821. The first-order valence-corrected chi connectivity index (χ1v) is 7.62. The van der Waals surface area contributed by atoms with Crippen LogP contribution in [0.5, 0.6) is 0 Å². The molecular weight excluding hydrogens is 248 g/mol. The predicted octanol–water partition coefficient (Wildman–Crippen LogP) is 2.26. The van der Waals surface area contributed by atoms with Crippen LogP contribution in [0.4, 0.5) is 0 Å². The number of hydrogen-bond acceptors (Lipinski definition) is 3. The zero-order chi connectivity index (χ0) is 13.4. The Labute approximate surface area is 119 Å². The number of rotatable bonds is 5. The van der Waals surface area contributed by atoms with Crippen LogP contribution in [0.2, 0.25) is 0 Å². The van der Waals surface area contributed by atoms with Crippen molar-refractivity contribution in [2.24, 2.45) is 5.92 Å². The lowest BCUT2D eigenvalue weighted by Crippen LogP contribution is -2.16. The highest BCUT2D eigenvalue weighted by Crippen LogP contribution is 2.27. The van der Waals surface area contributed by atoms with Crippen molar-refractivity contribution in [2.45, 2.75) is 38.6 Å². The topological polar surface area (TPSA) is 42.7 Å². The maximum Gasteiger partial charge on any atom is 0.0969 e. The van der Waals surface area contributed by atoms with E-state index in [1.54, 1.807) is 0 Å². The van der Waals surface area contributed by atoms with Gasteiger partial charge in [-0.05, 0) is 67.8 Å². The van der Waals surface area contributed by atoms with Gasteiger partial charge in [-0.3, -0.25) is 0 Å². The second-order valence-electron chi connectivity index (χ2n) is 6.04. The molecule has 0 saturated heterocycles. The summed E-state index contributed by atoms with van der Waals surface area (Å²) in [6.45, 7) is 1.94. The second kappa shape index (κ2) is 5.02. The highest BCUT2D eigenvalue weighted by molar-refractivity contribution is 5.42. The van der Waals surface area contributed by atoms with Crippen LogP contribution in [0.1, 0.15) is 36.1 Å². The lowest BCUT2D eigenvalue weighted by Gasteiger charge is -2.03. The minimum Gasteiger partial charge on any atom is -0.311 e.